The molecule has 0 amide bonds. The number of halogens is 3. The minimum Gasteiger partial charge on any atom is -0.481 e. The Morgan fingerprint density at radius 1 is 1.56 bits per heavy atom. The average Bonchev–Trinajstić information content (AvgIpc) is 2.25. The first-order valence-corrected chi connectivity index (χ1v) is 5.51. The normalized spacial score (nSPS) is 28.1. The number of carboxylic acid groups (broad SMARTS) is 1. The number of aliphatic hydroxyl groups is 1. The molecule has 1 fully saturated rings. The van der Waals surface area contributed by atoms with Crippen molar-refractivity contribution < 1.29 is 32.9 Å². The second-order valence-electron chi connectivity index (χ2n) is 4.37. The van der Waals surface area contributed by atoms with Crippen LogP contribution in [-0.2, 0) is 9.53 Å². The van der Waals surface area contributed by atoms with Crippen molar-refractivity contribution in [1.29, 1.82) is 0 Å². The van der Waals surface area contributed by atoms with Gasteiger partial charge in [-0.2, -0.15) is 13.2 Å². The molecular weight excluding hydrogens is 255 g/mol. The lowest BCUT2D eigenvalue weighted by Crippen LogP contribution is -2.53. The number of nitrogens with zero attached hydrogens (tertiary/aromatic N) is 1. The van der Waals surface area contributed by atoms with Crippen LogP contribution in [0.2, 0.25) is 0 Å². The van der Waals surface area contributed by atoms with Crippen LogP contribution in [-0.4, -0.2) is 65.7 Å². The number of ether oxygens (including phenoxy) is 1. The summed E-state index contributed by atoms with van der Waals surface area (Å²) in [5.74, 6) is -4.31. The monoisotopic (exact) mass is 271 g/mol. The van der Waals surface area contributed by atoms with E-state index in [1.807, 2.05) is 0 Å². The molecule has 0 aromatic heterocycles. The van der Waals surface area contributed by atoms with Crippen molar-refractivity contribution in [3.05, 3.63) is 0 Å². The summed E-state index contributed by atoms with van der Waals surface area (Å²) in [5, 5.41) is 17.5. The second kappa shape index (κ2) is 5.85. The van der Waals surface area contributed by atoms with Gasteiger partial charge in [-0.25, -0.2) is 0 Å². The van der Waals surface area contributed by atoms with E-state index < -0.39 is 30.7 Å². The van der Waals surface area contributed by atoms with E-state index in [0.29, 0.717) is 0 Å². The Labute approximate surface area is 102 Å². The molecule has 1 heterocycles. The molecule has 1 aliphatic rings. The number of morpholine rings is 1. The van der Waals surface area contributed by atoms with Gasteiger partial charge in [0.2, 0.25) is 0 Å². The first-order chi connectivity index (χ1) is 8.25. The van der Waals surface area contributed by atoms with Crippen LogP contribution in [0.25, 0.3) is 0 Å². The Morgan fingerprint density at radius 2 is 2.17 bits per heavy atom. The first-order valence-electron chi connectivity index (χ1n) is 5.51. The van der Waals surface area contributed by atoms with Crippen LogP contribution in [0.4, 0.5) is 13.2 Å². The minimum absolute atomic E-state index is 0.0948. The molecule has 2 N–H and O–H groups in total. The quantitative estimate of drug-likeness (QED) is 0.771. The van der Waals surface area contributed by atoms with Gasteiger partial charge in [0.1, 0.15) is 0 Å². The van der Waals surface area contributed by atoms with E-state index in [1.54, 1.807) is 6.92 Å². The van der Waals surface area contributed by atoms with Crippen molar-refractivity contribution >= 4 is 5.97 Å². The fourth-order valence-corrected chi connectivity index (χ4v) is 1.80. The van der Waals surface area contributed by atoms with Gasteiger partial charge in [-0.05, 0) is 6.92 Å². The van der Waals surface area contributed by atoms with Crippen LogP contribution in [0, 0.1) is 5.92 Å². The summed E-state index contributed by atoms with van der Waals surface area (Å²) in [4.78, 5) is 12.0. The number of alkyl halides is 3. The SMILES string of the molecule is CC1COC(CO)CN1CC(C(=O)O)C(F)(F)F. The van der Waals surface area contributed by atoms with Gasteiger partial charge < -0.3 is 14.9 Å². The van der Waals surface area contributed by atoms with Crippen LogP contribution < -0.4 is 0 Å². The Balaban J connectivity index is 2.70. The zero-order valence-corrected chi connectivity index (χ0v) is 9.85. The number of aliphatic hydroxyl groups excluding tert-OH is 1. The van der Waals surface area contributed by atoms with E-state index in [0.717, 1.165) is 0 Å². The van der Waals surface area contributed by atoms with Crippen LogP contribution >= 0.6 is 0 Å². The molecule has 3 unspecified atom stereocenters. The van der Waals surface area contributed by atoms with Gasteiger partial charge >= 0.3 is 12.1 Å². The maximum absolute atomic E-state index is 12.5. The van der Waals surface area contributed by atoms with Crippen molar-refractivity contribution in [2.24, 2.45) is 5.92 Å². The van der Waals surface area contributed by atoms with Gasteiger partial charge in [0.25, 0.3) is 0 Å². The highest BCUT2D eigenvalue weighted by molar-refractivity contribution is 5.71. The summed E-state index contributed by atoms with van der Waals surface area (Å²) in [6.45, 7) is 1.00. The standard InChI is InChI=1S/C10H16F3NO4/c1-6-5-18-7(4-15)2-14(6)3-8(9(16)17)10(11,12)13/h6-8,15H,2-5H2,1H3,(H,16,17). The smallest absolute Gasteiger partial charge is 0.403 e. The molecule has 0 aliphatic carbocycles. The zero-order valence-electron chi connectivity index (χ0n) is 9.85. The van der Waals surface area contributed by atoms with E-state index in [9.17, 15) is 18.0 Å². The highest BCUT2D eigenvalue weighted by Crippen LogP contribution is 2.28. The van der Waals surface area contributed by atoms with Gasteiger partial charge in [-0.3, -0.25) is 9.69 Å². The highest BCUT2D eigenvalue weighted by Gasteiger charge is 2.47. The molecule has 0 aromatic carbocycles. The maximum Gasteiger partial charge on any atom is 0.403 e. The predicted molar refractivity (Wildman–Crippen MR) is 55.0 cm³/mol. The van der Waals surface area contributed by atoms with Gasteiger partial charge in [-0.15, -0.1) is 0 Å². The Morgan fingerprint density at radius 3 is 2.61 bits per heavy atom. The van der Waals surface area contributed by atoms with E-state index in [4.69, 9.17) is 14.9 Å². The summed E-state index contributed by atoms with van der Waals surface area (Å²) in [6.07, 6.45) is -5.35. The van der Waals surface area contributed by atoms with Crippen molar-refractivity contribution in [2.45, 2.75) is 25.2 Å². The van der Waals surface area contributed by atoms with Gasteiger partial charge in [0.05, 0.1) is 19.3 Å². The fraction of sp³-hybridized carbons (Fsp3) is 0.900. The Bertz CT molecular complexity index is 297. The maximum atomic E-state index is 12.5. The molecule has 1 rings (SSSR count). The molecular formula is C10H16F3NO4. The third-order valence-electron chi connectivity index (χ3n) is 2.95. The number of hydrogen-bond acceptors (Lipinski definition) is 4. The second-order valence-corrected chi connectivity index (χ2v) is 4.37. The number of aliphatic carboxylic acids is 1. The lowest BCUT2D eigenvalue weighted by atomic mass is 10.1. The molecule has 5 nitrogen and oxygen atoms in total. The van der Waals surface area contributed by atoms with Crippen LogP contribution in [0.1, 0.15) is 6.92 Å². The molecule has 0 aromatic rings. The predicted octanol–water partition coefficient (Wildman–Crippen LogP) is 0.331. The molecule has 0 bridgehead atoms. The van der Waals surface area contributed by atoms with E-state index >= 15 is 0 Å². The molecule has 106 valence electrons. The van der Waals surface area contributed by atoms with Crippen LogP contribution in [0.5, 0.6) is 0 Å². The molecule has 3 atom stereocenters. The molecule has 18 heavy (non-hydrogen) atoms. The number of hydrogen-bond donors (Lipinski definition) is 2. The fourth-order valence-electron chi connectivity index (χ4n) is 1.80. The summed E-state index contributed by atoms with van der Waals surface area (Å²) in [6, 6.07) is -0.308. The first kappa shape index (κ1) is 15.2. The van der Waals surface area contributed by atoms with Gasteiger partial charge in [-0.1, -0.05) is 0 Å². The van der Waals surface area contributed by atoms with Crippen molar-refractivity contribution in [2.75, 3.05) is 26.3 Å². The van der Waals surface area contributed by atoms with E-state index in [2.05, 4.69) is 0 Å². The molecule has 0 saturated carbocycles. The summed E-state index contributed by atoms with van der Waals surface area (Å²) in [5.41, 5.74) is 0. The van der Waals surface area contributed by atoms with Crippen molar-refractivity contribution in [1.82, 2.24) is 4.90 Å². The molecule has 0 spiro atoms. The van der Waals surface area contributed by atoms with Crippen molar-refractivity contribution in [3.63, 3.8) is 0 Å². The molecule has 0 radical (unpaired) electrons. The Kier molecular flexibility index (Phi) is 4.94. The molecule has 1 aliphatic heterocycles. The third kappa shape index (κ3) is 3.82. The lowest BCUT2D eigenvalue weighted by molar-refractivity contribution is -0.201. The largest absolute Gasteiger partial charge is 0.481 e. The number of carboxylic acids is 1. The summed E-state index contributed by atoms with van der Waals surface area (Å²) in [7, 11) is 0. The number of carbonyl (C=O) groups is 1. The Hall–Kier alpha value is -0.860. The summed E-state index contributed by atoms with van der Waals surface area (Å²) < 4.78 is 42.8. The summed E-state index contributed by atoms with van der Waals surface area (Å²) >= 11 is 0. The topological polar surface area (TPSA) is 70.0 Å². The molecule has 8 heteroatoms. The third-order valence-corrected chi connectivity index (χ3v) is 2.95. The molecule has 1 saturated heterocycles. The van der Waals surface area contributed by atoms with Gasteiger partial charge in [0, 0.05) is 19.1 Å². The average molecular weight is 271 g/mol. The van der Waals surface area contributed by atoms with Crippen LogP contribution in [0.3, 0.4) is 0 Å². The van der Waals surface area contributed by atoms with E-state index in [-0.39, 0.29) is 25.8 Å². The highest BCUT2D eigenvalue weighted by atomic mass is 19.4. The van der Waals surface area contributed by atoms with Gasteiger partial charge in [0.15, 0.2) is 5.92 Å². The number of rotatable bonds is 4. The van der Waals surface area contributed by atoms with Crippen molar-refractivity contribution in [3.8, 4) is 0 Å². The zero-order chi connectivity index (χ0) is 13.9. The lowest BCUT2D eigenvalue weighted by Gasteiger charge is -2.38. The van der Waals surface area contributed by atoms with Crippen LogP contribution in [0.15, 0.2) is 0 Å². The minimum atomic E-state index is -4.78. The van der Waals surface area contributed by atoms with E-state index in [1.165, 1.54) is 4.90 Å².